The van der Waals surface area contributed by atoms with Crippen molar-refractivity contribution in [2.24, 2.45) is 0 Å². The van der Waals surface area contributed by atoms with Gasteiger partial charge in [-0.2, -0.15) is 0 Å². The van der Waals surface area contributed by atoms with Crippen molar-refractivity contribution in [3.8, 4) is 5.75 Å². The lowest BCUT2D eigenvalue weighted by molar-refractivity contribution is 0.199. The van der Waals surface area contributed by atoms with Gasteiger partial charge in [-0.15, -0.1) is 0 Å². The SMILES string of the molecule is COCCNCc1ccc(OCc2ncccc2C)cc1. The highest BCUT2D eigenvalue weighted by Crippen LogP contribution is 2.14. The van der Waals surface area contributed by atoms with Crippen molar-refractivity contribution in [2.75, 3.05) is 20.3 Å². The minimum atomic E-state index is 0.498. The number of ether oxygens (including phenoxy) is 2. The van der Waals surface area contributed by atoms with Gasteiger partial charge in [0.1, 0.15) is 12.4 Å². The summed E-state index contributed by atoms with van der Waals surface area (Å²) in [5.74, 6) is 0.862. The second kappa shape index (κ2) is 8.39. The van der Waals surface area contributed by atoms with Crippen LogP contribution in [0.5, 0.6) is 5.75 Å². The molecule has 0 bridgehead atoms. The summed E-state index contributed by atoms with van der Waals surface area (Å²) in [6.45, 7) is 4.96. The van der Waals surface area contributed by atoms with E-state index in [0.717, 1.165) is 36.7 Å². The minimum Gasteiger partial charge on any atom is -0.487 e. The molecule has 2 aromatic rings. The fraction of sp³-hybridized carbons (Fsp3) is 0.353. The molecule has 1 N–H and O–H groups in total. The van der Waals surface area contributed by atoms with Gasteiger partial charge in [-0.05, 0) is 36.2 Å². The first-order valence-corrected chi connectivity index (χ1v) is 7.11. The fourth-order valence-corrected chi connectivity index (χ4v) is 1.93. The van der Waals surface area contributed by atoms with Crippen LogP contribution >= 0.6 is 0 Å². The van der Waals surface area contributed by atoms with Gasteiger partial charge >= 0.3 is 0 Å². The number of aromatic nitrogens is 1. The molecule has 4 nitrogen and oxygen atoms in total. The lowest BCUT2D eigenvalue weighted by Crippen LogP contribution is -2.18. The standard InChI is InChI=1S/C17H22N2O2/c1-14-4-3-9-19-17(14)13-21-16-7-5-15(6-8-16)12-18-10-11-20-2/h3-9,18H,10-13H2,1-2H3. The summed E-state index contributed by atoms with van der Waals surface area (Å²) in [5, 5.41) is 3.31. The summed E-state index contributed by atoms with van der Waals surface area (Å²) in [7, 11) is 1.71. The van der Waals surface area contributed by atoms with Gasteiger partial charge in [0.2, 0.25) is 0 Å². The highest BCUT2D eigenvalue weighted by Gasteiger charge is 2.01. The molecule has 2 rings (SSSR count). The van der Waals surface area contributed by atoms with Gasteiger partial charge in [-0.25, -0.2) is 0 Å². The van der Waals surface area contributed by atoms with Crippen molar-refractivity contribution in [2.45, 2.75) is 20.1 Å². The van der Waals surface area contributed by atoms with Crippen LogP contribution in [0.1, 0.15) is 16.8 Å². The van der Waals surface area contributed by atoms with Crippen molar-refractivity contribution in [1.29, 1.82) is 0 Å². The number of hydrogen-bond acceptors (Lipinski definition) is 4. The molecule has 0 aliphatic carbocycles. The molecule has 0 radical (unpaired) electrons. The molecular formula is C17H22N2O2. The Morgan fingerprint density at radius 1 is 1.14 bits per heavy atom. The topological polar surface area (TPSA) is 43.4 Å². The second-order valence-electron chi connectivity index (χ2n) is 4.87. The van der Waals surface area contributed by atoms with Crippen LogP contribution in [0.15, 0.2) is 42.6 Å². The second-order valence-corrected chi connectivity index (χ2v) is 4.87. The molecule has 112 valence electrons. The van der Waals surface area contributed by atoms with Crippen LogP contribution in [0.2, 0.25) is 0 Å². The third-order valence-corrected chi connectivity index (χ3v) is 3.23. The number of nitrogens with one attached hydrogen (secondary N) is 1. The van der Waals surface area contributed by atoms with Crippen molar-refractivity contribution in [3.05, 3.63) is 59.4 Å². The van der Waals surface area contributed by atoms with Gasteiger partial charge in [-0.3, -0.25) is 4.98 Å². The molecule has 0 saturated carbocycles. The highest BCUT2D eigenvalue weighted by atomic mass is 16.5. The first kappa shape index (κ1) is 15.5. The van der Waals surface area contributed by atoms with E-state index in [1.165, 1.54) is 5.56 Å². The van der Waals surface area contributed by atoms with Crippen LogP contribution in [0.3, 0.4) is 0 Å². The normalized spacial score (nSPS) is 10.6. The molecule has 0 saturated heterocycles. The van der Waals surface area contributed by atoms with Crippen LogP contribution in [0, 0.1) is 6.92 Å². The zero-order valence-corrected chi connectivity index (χ0v) is 12.6. The highest BCUT2D eigenvalue weighted by molar-refractivity contribution is 5.27. The summed E-state index contributed by atoms with van der Waals surface area (Å²) in [6, 6.07) is 12.1. The predicted octanol–water partition coefficient (Wildman–Crippen LogP) is 2.71. The van der Waals surface area contributed by atoms with Crippen molar-refractivity contribution in [3.63, 3.8) is 0 Å². The maximum atomic E-state index is 5.77. The van der Waals surface area contributed by atoms with Gasteiger partial charge in [-0.1, -0.05) is 18.2 Å². The summed E-state index contributed by atoms with van der Waals surface area (Å²) < 4.78 is 10.8. The van der Waals surface area contributed by atoms with Crippen molar-refractivity contribution in [1.82, 2.24) is 10.3 Å². The first-order chi connectivity index (χ1) is 10.3. The lowest BCUT2D eigenvalue weighted by atomic mass is 10.2. The molecule has 0 fully saturated rings. The van der Waals surface area contributed by atoms with E-state index in [9.17, 15) is 0 Å². The number of aryl methyl sites for hydroxylation is 1. The maximum Gasteiger partial charge on any atom is 0.130 e. The molecule has 1 aromatic heterocycles. The summed E-state index contributed by atoms with van der Waals surface area (Å²) in [6.07, 6.45) is 1.79. The Kier molecular flexibility index (Phi) is 6.19. The quantitative estimate of drug-likeness (QED) is 0.758. The van der Waals surface area contributed by atoms with Crippen LogP contribution in [0.25, 0.3) is 0 Å². The van der Waals surface area contributed by atoms with E-state index in [1.54, 1.807) is 13.3 Å². The zero-order chi connectivity index (χ0) is 14.9. The molecule has 0 aliphatic heterocycles. The van der Waals surface area contributed by atoms with Crippen molar-refractivity contribution < 1.29 is 9.47 Å². The van der Waals surface area contributed by atoms with E-state index in [1.807, 2.05) is 31.2 Å². The molecular weight excluding hydrogens is 264 g/mol. The third kappa shape index (κ3) is 5.17. The third-order valence-electron chi connectivity index (χ3n) is 3.23. The first-order valence-electron chi connectivity index (χ1n) is 7.11. The molecule has 0 unspecified atom stereocenters. The zero-order valence-electron chi connectivity index (χ0n) is 12.6. The van der Waals surface area contributed by atoms with Crippen LogP contribution in [-0.2, 0) is 17.9 Å². The Hall–Kier alpha value is -1.91. The molecule has 1 heterocycles. The predicted molar refractivity (Wildman–Crippen MR) is 83.3 cm³/mol. The number of hydrogen-bond donors (Lipinski definition) is 1. The molecule has 1 aromatic carbocycles. The van der Waals surface area contributed by atoms with E-state index in [0.29, 0.717) is 6.61 Å². The van der Waals surface area contributed by atoms with Crippen LogP contribution in [0.4, 0.5) is 0 Å². The number of pyridine rings is 1. The summed E-state index contributed by atoms with van der Waals surface area (Å²) in [4.78, 5) is 4.32. The van der Waals surface area contributed by atoms with Gasteiger partial charge in [0, 0.05) is 26.4 Å². The number of nitrogens with zero attached hydrogens (tertiary/aromatic N) is 1. The van der Waals surface area contributed by atoms with E-state index in [-0.39, 0.29) is 0 Å². The molecule has 0 atom stereocenters. The van der Waals surface area contributed by atoms with Gasteiger partial charge in [0.05, 0.1) is 12.3 Å². The summed E-state index contributed by atoms with van der Waals surface area (Å²) >= 11 is 0. The Morgan fingerprint density at radius 3 is 2.67 bits per heavy atom. The summed E-state index contributed by atoms with van der Waals surface area (Å²) in [5.41, 5.74) is 3.35. The van der Waals surface area contributed by atoms with E-state index in [4.69, 9.17) is 9.47 Å². The van der Waals surface area contributed by atoms with Crippen LogP contribution in [-0.4, -0.2) is 25.2 Å². The average molecular weight is 286 g/mol. The Labute approximate surface area is 126 Å². The van der Waals surface area contributed by atoms with E-state index >= 15 is 0 Å². The molecule has 4 heteroatoms. The fourth-order valence-electron chi connectivity index (χ4n) is 1.93. The van der Waals surface area contributed by atoms with E-state index in [2.05, 4.69) is 22.4 Å². The van der Waals surface area contributed by atoms with Gasteiger partial charge in [0.15, 0.2) is 0 Å². The monoisotopic (exact) mass is 286 g/mol. The molecule has 0 aliphatic rings. The van der Waals surface area contributed by atoms with E-state index < -0.39 is 0 Å². The number of benzene rings is 1. The Morgan fingerprint density at radius 2 is 1.95 bits per heavy atom. The van der Waals surface area contributed by atoms with Gasteiger partial charge < -0.3 is 14.8 Å². The molecule has 0 spiro atoms. The maximum absolute atomic E-state index is 5.77. The Balaban J connectivity index is 1.81. The largest absolute Gasteiger partial charge is 0.487 e. The van der Waals surface area contributed by atoms with Gasteiger partial charge in [0.25, 0.3) is 0 Å². The molecule has 0 amide bonds. The average Bonchev–Trinajstić information content (AvgIpc) is 2.52. The number of methoxy groups -OCH3 is 1. The molecule has 21 heavy (non-hydrogen) atoms. The number of rotatable bonds is 8. The lowest BCUT2D eigenvalue weighted by Gasteiger charge is -2.09. The Bertz CT molecular complexity index is 541. The van der Waals surface area contributed by atoms with Crippen LogP contribution < -0.4 is 10.1 Å². The minimum absolute atomic E-state index is 0.498. The van der Waals surface area contributed by atoms with Crippen molar-refractivity contribution >= 4 is 0 Å². The smallest absolute Gasteiger partial charge is 0.130 e.